The number of halogens is 1. The number of nitrogens with one attached hydrogen (secondary N) is 1. The third kappa shape index (κ3) is 7.12. The van der Waals surface area contributed by atoms with Gasteiger partial charge in [0.15, 0.2) is 5.78 Å². The van der Waals surface area contributed by atoms with Crippen molar-refractivity contribution in [3.8, 4) is 0 Å². The number of carbonyl (C=O) groups excluding carboxylic acids is 2. The topological polar surface area (TPSA) is 116 Å². The van der Waals surface area contributed by atoms with E-state index in [9.17, 15) is 24.6 Å². The van der Waals surface area contributed by atoms with Crippen LogP contribution in [0.15, 0.2) is 35.4 Å². The fourth-order valence-corrected chi connectivity index (χ4v) is 13.8. The van der Waals surface area contributed by atoms with Gasteiger partial charge in [-0.1, -0.05) is 77.8 Å². The van der Waals surface area contributed by atoms with Crippen LogP contribution in [-0.2, 0) is 25.7 Å². The van der Waals surface area contributed by atoms with Crippen molar-refractivity contribution in [3.05, 3.63) is 46.0 Å². The standard InChI is InChI=1S/C47H71ClN2O6/c1-29(2)39-33(51)25-47(36(52)28-50(24-23-49-10)27-30-11-13-31(48)14-12-30)22-21-45(8)32(40(39)47)15-16-35-44(7)19-18-37(56-38(53)26-42(3,4)41(54)55)43(5,6)34(44)17-20-46(35,45)9/h11-14,29,32,34-37,49,52H,15-28H2,1-10H3,(H,54,55)/t32-,34+,35?,36-,37+,44+,45-,46-,47+/m1/s1. The van der Waals surface area contributed by atoms with Gasteiger partial charge in [-0.3, -0.25) is 19.3 Å². The Labute approximate surface area is 341 Å². The Hall–Kier alpha value is -2.26. The summed E-state index contributed by atoms with van der Waals surface area (Å²) in [5, 5.41) is 26.3. The molecule has 56 heavy (non-hydrogen) atoms. The number of benzene rings is 1. The van der Waals surface area contributed by atoms with E-state index in [4.69, 9.17) is 16.3 Å². The normalized spacial score (nSPS) is 35.8. The first-order chi connectivity index (χ1) is 26.1. The highest BCUT2D eigenvalue weighted by Crippen LogP contribution is 2.77. The maximum atomic E-state index is 14.3. The number of aliphatic hydroxyl groups is 1. The van der Waals surface area contributed by atoms with E-state index >= 15 is 0 Å². The number of aliphatic hydroxyl groups excluding tert-OH is 1. The summed E-state index contributed by atoms with van der Waals surface area (Å²) < 4.78 is 6.19. The largest absolute Gasteiger partial charge is 0.481 e. The quantitative estimate of drug-likeness (QED) is 0.170. The summed E-state index contributed by atoms with van der Waals surface area (Å²) in [4.78, 5) is 41.5. The van der Waals surface area contributed by atoms with Crippen LogP contribution in [0.1, 0.15) is 132 Å². The lowest BCUT2D eigenvalue weighted by atomic mass is 9.33. The monoisotopic (exact) mass is 795 g/mol. The van der Waals surface area contributed by atoms with Gasteiger partial charge in [0.25, 0.3) is 0 Å². The Morgan fingerprint density at radius 3 is 2.27 bits per heavy atom. The number of ether oxygens (including phenoxy) is 1. The summed E-state index contributed by atoms with van der Waals surface area (Å²) >= 11 is 6.22. The summed E-state index contributed by atoms with van der Waals surface area (Å²) in [6, 6.07) is 7.97. The number of allylic oxidation sites excluding steroid dienone is 1. The van der Waals surface area contributed by atoms with Gasteiger partial charge >= 0.3 is 11.9 Å². The summed E-state index contributed by atoms with van der Waals surface area (Å²) in [5.41, 5.74) is 1.53. The number of Topliss-reactive ketones (excluding diaryl/α,β-unsaturated/α-hetero) is 1. The minimum atomic E-state index is -1.17. The molecule has 5 aliphatic rings. The van der Waals surface area contributed by atoms with E-state index in [0.29, 0.717) is 36.4 Å². The molecule has 1 unspecified atom stereocenters. The lowest BCUT2D eigenvalue weighted by Crippen LogP contribution is -2.66. The zero-order valence-corrected chi connectivity index (χ0v) is 36.8. The number of carboxylic acid groups (broad SMARTS) is 1. The van der Waals surface area contributed by atoms with Crippen LogP contribution in [0.5, 0.6) is 0 Å². The van der Waals surface area contributed by atoms with Crippen molar-refractivity contribution >= 4 is 29.3 Å². The number of likely N-dealkylation sites (N-methyl/N-ethyl adjacent to an activating group) is 1. The fourth-order valence-electron chi connectivity index (χ4n) is 13.7. The van der Waals surface area contributed by atoms with Crippen LogP contribution >= 0.6 is 11.6 Å². The van der Waals surface area contributed by atoms with Crippen molar-refractivity contribution in [3.63, 3.8) is 0 Å². The van der Waals surface area contributed by atoms with Gasteiger partial charge in [-0.05, 0) is 135 Å². The van der Waals surface area contributed by atoms with Gasteiger partial charge in [0.2, 0.25) is 0 Å². The lowest BCUT2D eigenvalue weighted by Gasteiger charge is -2.72. The van der Waals surface area contributed by atoms with E-state index in [1.807, 2.05) is 19.2 Å². The number of carbonyl (C=O) groups is 3. The molecule has 0 spiro atoms. The number of aliphatic carboxylic acids is 1. The first-order valence-corrected chi connectivity index (χ1v) is 22.0. The number of hydrogen-bond donors (Lipinski definition) is 3. The van der Waals surface area contributed by atoms with E-state index in [-0.39, 0.29) is 51.8 Å². The molecule has 0 amide bonds. The Kier molecular flexibility index (Phi) is 11.9. The average molecular weight is 796 g/mol. The van der Waals surface area contributed by atoms with Gasteiger partial charge < -0.3 is 20.3 Å². The second kappa shape index (κ2) is 15.4. The smallest absolute Gasteiger partial charge is 0.309 e. The predicted octanol–water partition coefficient (Wildman–Crippen LogP) is 9.12. The zero-order chi connectivity index (χ0) is 41.2. The first-order valence-electron chi connectivity index (χ1n) is 21.6. The molecule has 9 heteroatoms. The Balaban J connectivity index is 1.28. The predicted molar refractivity (Wildman–Crippen MR) is 222 cm³/mol. The molecule has 0 aromatic heterocycles. The van der Waals surface area contributed by atoms with Gasteiger partial charge in [-0.15, -0.1) is 0 Å². The molecule has 0 bridgehead atoms. The van der Waals surface area contributed by atoms with Crippen molar-refractivity contribution in [2.75, 3.05) is 26.7 Å². The first kappa shape index (κ1) is 43.3. The summed E-state index contributed by atoms with van der Waals surface area (Å²) in [6.45, 7) is 22.5. The van der Waals surface area contributed by atoms with Crippen molar-refractivity contribution in [1.82, 2.24) is 10.2 Å². The van der Waals surface area contributed by atoms with Crippen molar-refractivity contribution in [2.45, 2.75) is 145 Å². The van der Waals surface area contributed by atoms with Crippen molar-refractivity contribution in [1.29, 1.82) is 0 Å². The van der Waals surface area contributed by atoms with Crippen LogP contribution in [0, 0.1) is 56.2 Å². The minimum Gasteiger partial charge on any atom is -0.481 e. The van der Waals surface area contributed by atoms with Crippen molar-refractivity contribution < 1.29 is 29.3 Å². The molecule has 0 heterocycles. The van der Waals surface area contributed by atoms with Gasteiger partial charge in [-0.2, -0.15) is 0 Å². The third-order valence-electron chi connectivity index (χ3n) is 16.9. The Bertz CT molecular complexity index is 1700. The summed E-state index contributed by atoms with van der Waals surface area (Å²) in [7, 11) is 1.96. The van der Waals surface area contributed by atoms with E-state index in [2.05, 4.69) is 70.8 Å². The van der Waals surface area contributed by atoms with E-state index < -0.39 is 28.9 Å². The van der Waals surface area contributed by atoms with Crippen LogP contribution in [0.3, 0.4) is 0 Å². The summed E-state index contributed by atoms with van der Waals surface area (Å²) in [5.74, 6) is 0.000592. The van der Waals surface area contributed by atoms with Gasteiger partial charge in [0.05, 0.1) is 17.9 Å². The molecule has 312 valence electrons. The molecule has 1 aromatic rings. The van der Waals surface area contributed by atoms with Crippen LogP contribution in [0.25, 0.3) is 0 Å². The summed E-state index contributed by atoms with van der Waals surface area (Å²) in [6.07, 6.45) is 7.13. The molecule has 0 radical (unpaired) electrons. The van der Waals surface area contributed by atoms with E-state index in [0.717, 1.165) is 75.6 Å². The molecule has 3 N–H and O–H groups in total. The molecule has 4 saturated carbocycles. The van der Waals surface area contributed by atoms with Crippen LogP contribution in [-0.4, -0.2) is 71.7 Å². The molecular formula is C47H71ClN2O6. The van der Waals surface area contributed by atoms with E-state index in [1.54, 1.807) is 13.8 Å². The minimum absolute atomic E-state index is 0.0296. The molecule has 6 rings (SSSR count). The molecule has 5 aliphatic carbocycles. The second-order valence-corrected chi connectivity index (χ2v) is 21.5. The Morgan fingerprint density at radius 1 is 0.964 bits per heavy atom. The molecule has 0 saturated heterocycles. The Morgan fingerprint density at radius 2 is 1.64 bits per heavy atom. The number of carboxylic acids is 1. The van der Waals surface area contributed by atoms with Crippen LogP contribution in [0.2, 0.25) is 5.02 Å². The van der Waals surface area contributed by atoms with Gasteiger partial charge in [0, 0.05) is 48.5 Å². The molecule has 4 fully saturated rings. The zero-order valence-electron chi connectivity index (χ0n) is 36.0. The van der Waals surface area contributed by atoms with Crippen LogP contribution in [0.4, 0.5) is 0 Å². The highest BCUT2D eigenvalue weighted by atomic mass is 35.5. The van der Waals surface area contributed by atoms with Gasteiger partial charge in [-0.25, -0.2) is 0 Å². The highest BCUT2D eigenvalue weighted by Gasteiger charge is 2.71. The maximum Gasteiger partial charge on any atom is 0.309 e. The number of fused-ring (bicyclic) bond motifs is 7. The maximum absolute atomic E-state index is 14.3. The van der Waals surface area contributed by atoms with Crippen molar-refractivity contribution in [2.24, 2.45) is 56.2 Å². The number of ketones is 1. The molecular weight excluding hydrogens is 724 g/mol. The molecule has 0 aliphatic heterocycles. The van der Waals surface area contributed by atoms with Crippen LogP contribution < -0.4 is 5.32 Å². The second-order valence-electron chi connectivity index (χ2n) is 21.0. The highest BCUT2D eigenvalue weighted by molar-refractivity contribution is 6.30. The van der Waals surface area contributed by atoms with E-state index in [1.165, 1.54) is 5.57 Å². The molecule has 9 atom stereocenters. The molecule has 1 aromatic carbocycles. The lowest BCUT2D eigenvalue weighted by molar-refractivity contribution is -0.235. The SMILES string of the molecule is CNCCN(Cc1ccc(Cl)cc1)C[C@@H](O)[C@@]12CC[C@]3(C)[C@H](CCC4[C@@]5(C)CC[C@H](OC(=O)CC(C)(C)C(=O)O)C(C)(C)[C@@H]5CC[C@]43C)C1=C(C(C)C)C(=O)C2. The average Bonchev–Trinajstić information content (AvgIpc) is 3.42. The fraction of sp³-hybridized carbons (Fsp3) is 0.766. The number of esters is 1. The third-order valence-corrected chi connectivity index (χ3v) is 17.2. The molecule has 8 nitrogen and oxygen atoms in total. The number of hydrogen-bond acceptors (Lipinski definition) is 7. The number of rotatable bonds is 13. The van der Waals surface area contributed by atoms with Gasteiger partial charge in [0.1, 0.15) is 6.10 Å². The number of nitrogens with zero attached hydrogens (tertiary/aromatic N) is 1.